The van der Waals surface area contributed by atoms with Crippen LogP contribution in [0.3, 0.4) is 0 Å². The second-order valence-corrected chi connectivity index (χ2v) is 5.50. The topological polar surface area (TPSA) is 28.4 Å². The first-order valence-corrected chi connectivity index (χ1v) is 7.42. The largest absolute Gasteiger partial charge is 0.468 e. The van der Waals surface area contributed by atoms with Gasteiger partial charge in [0, 0.05) is 24.8 Å². The van der Waals surface area contributed by atoms with Gasteiger partial charge in [-0.15, -0.1) is 0 Å². The molecule has 1 aliphatic rings. The highest BCUT2D eigenvalue weighted by Crippen LogP contribution is 2.21. The van der Waals surface area contributed by atoms with Crippen LogP contribution in [0.25, 0.3) is 0 Å². The third-order valence-electron chi connectivity index (χ3n) is 4.07. The van der Waals surface area contributed by atoms with Gasteiger partial charge in [0.25, 0.3) is 0 Å². The minimum Gasteiger partial charge on any atom is -0.468 e. The second kappa shape index (κ2) is 6.14. The number of furan rings is 1. The summed E-state index contributed by atoms with van der Waals surface area (Å²) in [7, 11) is 0. The average molecular weight is 270 g/mol. The lowest BCUT2D eigenvalue weighted by atomic mass is 10.0. The molecule has 1 aromatic heterocycles. The third kappa shape index (κ3) is 3.05. The lowest BCUT2D eigenvalue weighted by Crippen LogP contribution is -2.43. The Morgan fingerprint density at radius 3 is 2.50 bits per heavy atom. The Morgan fingerprint density at radius 1 is 1.10 bits per heavy atom. The van der Waals surface area contributed by atoms with Gasteiger partial charge in [-0.2, -0.15) is 0 Å². The summed E-state index contributed by atoms with van der Waals surface area (Å²) in [5, 5.41) is 3.67. The van der Waals surface area contributed by atoms with Crippen molar-refractivity contribution in [2.24, 2.45) is 0 Å². The predicted octanol–water partition coefficient (Wildman–Crippen LogP) is 3.60. The van der Waals surface area contributed by atoms with Gasteiger partial charge in [-0.1, -0.05) is 18.2 Å². The van der Waals surface area contributed by atoms with Crippen molar-refractivity contribution in [3.8, 4) is 0 Å². The molecule has 0 saturated carbocycles. The molecule has 0 aliphatic carbocycles. The van der Waals surface area contributed by atoms with Gasteiger partial charge in [0.05, 0.1) is 12.3 Å². The number of hydrogen-bond acceptors (Lipinski definition) is 3. The monoisotopic (exact) mass is 270 g/mol. The minimum atomic E-state index is 0.290. The van der Waals surface area contributed by atoms with E-state index in [1.165, 1.54) is 18.5 Å². The maximum atomic E-state index is 5.45. The van der Waals surface area contributed by atoms with Crippen molar-refractivity contribution in [3.05, 3.63) is 54.5 Å². The molecule has 0 radical (unpaired) electrons. The van der Waals surface area contributed by atoms with Crippen LogP contribution in [-0.2, 0) is 0 Å². The normalized spacial score (nSPS) is 18.1. The van der Waals surface area contributed by atoms with Crippen LogP contribution in [0.2, 0.25) is 0 Å². The Kier molecular flexibility index (Phi) is 4.07. The number of para-hydroxylation sites is 1. The van der Waals surface area contributed by atoms with Crippen LogP contribution in [0.5, 0.6) is 0 Å². The van der Waals surface area contributed by atoms with E-state index < -0.39 is 0 Å². The van der Waals surface area contributed by atoms with Crippen LogP contribution in [-0.4, -0.2) is 19.1 Å². The molecule has 3 rings (SSSR count). The Labute approximate surface area is 120 Å². The molecular formula is C17H22N2O. The van der Waals surface area contributed by atoms with Gasteiger partial charge in [-0.05, 0) is 44.0 Å². The SMILES string of the molecule is C[C@@H](NC1CCN(c2ccccc2)CC1)c1ccco1. The summed E-state index contributed by atoms with van der Waals surface area (Å²) >= 11 is 0. The molecule has 20 heavy (non-hydrogen) atoms. The molecule has 1 N–H and O–H groups in total. The minimum absolute atomic E-state index is 0.290. The number of benzene rings is 1. The smallest absolute Gasteiger partial charge is 0.120 e. The molecule has 0 spiro atoms. The highest BCUT2D eigenvalue weighted by atomic mass is 16.3. The van der Waals surface area contributed by atoms with E-state index in [1.54, 1.807) is 6.26 Å². The summed E-state index contributed by atoms with van der Waals surface area (Å²) in [6.07, 6.45) is 4.10. The first kappa shape index (κ1) is 13.3. The van der Waals surface area contributed by atoms with Crippen molar-refractivity contribution in [1.82, 2.24) is 5.32 Å². The second-order valence-electron chi connectivity index (χ2n) is 5.50. The zero-order valence-corrected chi connectivity index (χ0v) is 12.0. The molecule has 0 unspecified atom stereocenters. The van der Waals surface area contributed by atoms with Crippen molar-refractivity contribution in [2.45, 2.75) is 31.8 Å². The Bertz CT molecular complexity index is 501. The molecule has 3 nitrogen and oxygen atoms in total. The molecule has 1 saturated heterocycles. The van der Waals surface area contributed by atoms with Crippen molar-refractivity contribution in [1.29, 1.82) is 0 Å². The molecular weight excluding hydrogens is 248 g/mol. The third-order valence-corrected chi connectivity index (χ3v) is 4.07. The van der Waals surface area contributed by atoms with E-state index in [1.807, 2.05) is 12.1 Å². The summed E-state index contributed by atoms with van der Waals surface area (Å²) in [5.41, 5.74) is 1.34. The molecule has 2 aromatic rings. The van der Waals surface area contributed by atoms with E-state index >= 15 is 0 Å². The first-order valence-electron chi connectivity index (χ1n) is 7.42. The summed E-state index contributed by atoms with van der Waals surface area (Å²) in [6.45, 7) is 4.40. The van der Waals surface area contributed by atoms with Gasteiger partial charge >= 0.3 is 0 Å². The molecule has 1 atom stereocenters. The van der Waals surface area contributed by atoms with Gasteiger partial charge in [-0.3, -0.25) is 0 Å². The van der Waals surface area contributed by atoms with Crippen molar-refractivity contribution in [2.75, 3.05) is 18.0 Å². The van der Waals surface area contributed by atoms with Crippen LogP contribution in [0.4, 0.5) is 5.69 Å². The van der Waals surface area contributed by atoms with Crippen molar-refractivity contribution < 1.29 is 4.42 Å². The number of hydrogen-bond donors (Lipinski definition) is 1. The Hall–Kier alpha value is -1.74. The number of piperidine rings is 1. The summed E-state index contributed by atoms with van der Waals surface area (Å²) < 4.78 is 5.45. The van der Waals surface area contributed by atoms with E-state index in [9.17, 15) is 0 Å². The summed E-state index contributed by atoms with van der Waals surface area (Å²) in [4.78, 5) is 2.47. The molecule has 3 heteroatoms. The van der Waals surface area contributed by atoms with E-state index in [2.05, 4.69) is 47.5 Å². The molecule has 0 amide bonds. The number of rotatable bonds is 4. The van der Waals surface area contributed by atoms with Crippen LogP contribution < -0.4 is 10.2 Å². The quantitative estimate of drug-likeness (QED) is 0.920. The van der Waals surface area contributed by atoms with E-state index in [0.717, 1.165) is 18.8 Å². The molecule has 1 aromatic carbocycles. The van der Waals surface area contributed by atoms with E-state index in [4.69, 9.17) is 4.42 Å². The number of nitrogens with one attached hydrogen (secondary N) is 1. The highest BCUT2D eigenvalue weighted by Gasteiger charge is 2.21. The molecule has 1 aliphatic heterocycles. The standard InChI is InChI=1S/C17H22N2O/c1-14(17-8-5-13-20-17)18-15-9-11-19(12-10-15)16-6-3-2-4-7-16/h2-8,13-15,18H,9-12H2,1H3/t14-/m1/s1. The fourth-order valence-electron chi connectivity index (χ4n) is 2.92. The van der Waals surface area contributed by atoms with Crippen molar-refractivity contribution in [3.63, 3.8) is 0 Å². The van der Waals surface area contributed by atoms with Gasteiger partial charge < -0.3 is 14.6 Å². The fourth-order valence-corrected chi connectivity index (χ4v) is 2.92. The molecule has 0 bridgehead atoms. The first-order chi connectivity index (χ1) is 9.83. The zero-order chi connectivity index (χ0) is 13.8. The van der Waals surface area contributed by atoms with E-state index in [-0.39, 0.29) is 0 Å². The number of nitrogens with zero attached hydrogens (tertiary/aromatic N) is 1. The summed E-state index contributed by atoms with van der Waals surface area (Å²) in [6, 6.07) is 15.5. The van der Waals surface area contributed by atoms with Crippen LogP contribution in [0.1, 0.15) is 31.6 Å². The predicted molar refractivity (Wildman–Crippen MR) is 81.9 cm³/mol. The van der Waals surface area contributed by atoms with Gasteiger partial charge in [0.2, 0.25) is 0 Å². The Balaban J connectivity index is 1.51. The zero-order valence-electron chi connectivity index (χ0n) is 12.0. The van der Waals surface area contributed by atoms with Crippen LogP contribution >= 0.6 is 0 Å². The lowest BCUT2D eigenvalue weighted by molar-refractivity contribution is 0.347. The van der Waals surface area contributed by atoms with Crippen LogP contribution in [0.15, 0.2) is 53.1 Å². The van der Waals surface area contributed by atoms with Gasteiger partial charge in [-0.25, -0.2) is 0 Å². The Morgan fingerprint density at radius 2 is 1.85 bits per heavy atom. The number of anilines is 1. The lowest BCUT2D eigenvalue weighted by Gasteiger charge is -2.35. The average Bonchev–Trinajstić information content (AvgIpc) is 3.03. The fraction of sp³-hybridized carbons (Fsp3) is 0.412. The van der Waals surface area contributed by atoms with Gasteiger partial charge in [0.1, 0.15) is 5.76 Å². The highest BCUT2D eigenvalue weighted by molar-refractivity contribution is 5.46. The van der Waals surface area contributed by atoms with Crippen molar-refractivity contribution >= 4 is 5.69 Å². The van der Waals surface area contributed by atoms with E-state index in [0.29, 0.717) is 12.1 Å². The molecule has 2 heterocycles. The van der Waals surface area contributed by atoms with Crippen LogP contribution in [0, 0.1) is 0 Å². The summed E-state index contributed by atoms with van der Waals surface area (Å²) in [5.74, 6) is 1.02. The van der Waals surface area contributed by atoms with Gasteiger partial charge in [0.15, 0.2) is 0 Å². The molecule has 106 valence electrons. The maximum Gasteiger partial charge on any atom is 0.120 e. The maximum absolute atomic E-state index is 5.45. The molecule has 1 fully saturated rings.